The van der Waals surface area contributed by atoms with E-state index >= 15 is 0 Å². The third-order valence-corrected chi connectivity index (χ3v) is 5.63. The van der Waals surface area contributed by atoms with Crippen molar-refractivity contribution in [3.63, 3.8) is 0 Å². The van der Waals surface area contributed by atoms with Gasteiger partial charge in [-0.1, -0.05) is 12.1 Å². The second kappa shape index (κ2) is 6.00. The van der Waals surface area contributed by atoms with Crippen LogP contribution in [0.2, 0.25) is 0 Å². The van der Waals surface area contributed by atoms with Crippen molar-refractivity contribution in [1.82, 2.24) is 5.32 Å². The zero-order valence-corrected chi connectivity index (χ0v) is 15.0. The van der Waals surface area contributed by atoms with Crippen LogP contribution in [0, 0.1) is 5.82 Å². The lowest BCUT2D eigenvalue weighted by Gasteiger charge is -2.24. The summed E-state index contributed by atoms with van der Waals surface area (Å²) in [4.78, 5) is 12.1. The molecule has 0 unspecified atom stereocenters. The number of hydrogen-bond donors (Lipinski definition) is 2. The van der Waals surface area contributed by atoms with Crippen LogP contribution < -0.4 is 11.1 Å². The van der Waals surface area contributed by atoms with Crippen molar-refractivity contribution < 1.29 is 22.3 Å². The van der Waals surface area contributed by atoms with Crippen molar-refractivity contribution >= 4 is 15.9 Å². The fraction of sp³-hybridized carbons (Fsp3) is 0.562. The highest BCUT2D eigenvalue weighted by molar-refractivity contribution is 7.91. The van der Waals surface area contributed by atoms with Crippen molar-refractivity contribution in [3.05, 3.63) is 35.6 Å². The number of amides is 1. The third-order valence-electron chi connectivity index (χ3n) is 4.02. The van der Waals surface area contributed by atoms with E-state index in [0.717, 1.165) is 6.26 Å². The number of nitrogens with one attached hydrogen (secondary N) is 1. The van der Waals surface area contributed by atoms with Gasteiger partial charge in [0, 0.05) is 18.7 Å². The standard InChI is InChI=1S/C16H23FN2O4S/c1-15(2,3)23-14(20)19-16(9-18)12(13(16)24(4,21)22)10-5-7-11(17)8-6-10/h5-8,12-13H,9,18H2,1-4H3,(H,19,20)/t12-,13+,16+/m0/s1. The molecule has 0 heterocycles. The summed E-state index contributed by atoms with van der Waals surface area (Å²) in [5, 5.41) is 1.75. The molecule has 0 spiro atoms. The molecule has 1 aliphatic carbocycles. The molecule has 0 aliphatic heterocycles. The van der Waals surface area contributed by atoms with Crippen LogP contribution in [0.25, 0.3) is 0 Å². The number of alkyl carbamates (subject to hydrolysis) is 1. The molecular weight excluding hydrogens is 335 g/mol. The molecule has 6 nitrogen and oxygen atoms in total. The molecule has 3 atom stereocenters. The maximum absolute atomic E-state index is 13.1. The minimum Gasteiger partial charge on any atom is -0.444 e. The van der Waals surface area contributed by atoms with Gasteiger partial charge < -0.3 is 15.8 Å². The molecule has 3 N–H and O–H groups in total. The first-order valence-electron chi connectivity index (χ1n) is 7.56. The Labute approximate surface area is 141 Å². The van der Waals surface area contributed by atoms with Gasteiger partial charge in [0.25, 0.3) is 0 Å². The highest BCUT2D eigenvalue weighted by Crippen LogP contribution is 2.55. The minimum absolute atomic E-state index is 0.0774. The first-order chi connectivity index (χ1) is 10.9. The largest absolute Gasteiger partial charge is 0.444 e. The van der Waals surface area contributed by atoms with Crippen LogP contribution >= 0.6 is 0 Å². The quantitative estimate of drug-likeness (QED) is 0.851. The van der Waals surface area contributed by atoms with E-state index in [2.05, 4.69) is 5.32 Å². The molecular formula is C16H23FN2O4S. The predicted molar refractivity (Wildman–Crippen MR) is 88.9 cm³/mol. The van der Waals surface area contributed by atoms with Gasteiger partial charge in [0.05, 0.1) is 10.8 Å². The molecule has 1 aliphatic rings. The number of halogens is 1. The smallest absolute Gasteiger partial charge is 0.408 e. The predicted octanol–water partition coefficient (Wildman–Crippen LogP) is 1.56. The Morgan fingerprint density at radius 1 is 1.33 bits per heavy atom. The van der Waals surface area contributed by atoms with Crippen LogP contribution in [-0.4, -0.2) is 43.7 Å². The molecule has 1 fully saturated rings. The lowest BCUT2D eigenvalue weighted by atomic mass is 10.1. The summed E-state index contributed by atoms with van der Waals surface area (Å²) in [5.41, 5.74) is 4.54. The molecule has 0 saturated heterocycles. The highest BCUT2D eigenvalue weighted by Gasteiger charge is 2.70. The van der Waals surface area contributed by atoms with Gasteiger partial charge in [-0.15, -0.1) is 0 Å². The average molecular weight is 358 g/mol. The zero-order valence-electron chi connectivity index (χ0n) is 14.2. The number of benzene rings is 1. The molecule has 0 radical (unpaired) electrons. The van der Waals surface area contributed by atoms with Crippen LogP contribution in [0.1, 0.15) is 32.3 Å². The lowest BCUT2D eigenvalue weighted by Crippen LogP contribution is -2.48. The monoisotopic (exact) mass is 358 g/mol. The van der Waals surface area contributed by atoms with Crippen molar-refractivity contribution in [2.24, 2.45) is 5.73 Å². The van der Waals surface area contributed by atoms with Crippen molar-refractivity contribution in [1.29, 1.82) is 0 Å². The highest BCUT2D eigenvalue weighted by atomic mass is 32.2. The van der Waals surface area contributed by atoms with Gasteiger partial charge in [0.1, 0.15) is 11.4 Å². The van der Waals surface area contributed by atoms with E-state index in [0.29, 0.717) is 5.56 Å². The molecule has 8 heteroatoms. The van der Waals surface area contributed by atoms with E-state index in [9.17, 15) is 17.6 Å². The summed E-state index contributed by atoms with van der Waals surface area (Å²) in [6.07, 6.45) is 0.369. The van der Waals surface area contributed by atoms with Crippen molar-refractivity contribution in [3.8, 4) is 0 Å². The van der Waals surface area contributed by atoms with Gasteiger partial charge in [0.2, 0.25) is 0 Å². The lowest BCUT2D eigenvalue weighted by molar-refractivity contribution is 0.0497. The fourth-order valence-electron chi connectivity index (χ4n) is 3.11. The fourth-order valence-corrected chi connectivity index (χ4v) is 4.99. The number of nitrogens with two attached hydrogens (primary N) is 1. The van der Waals surface area contributed by atoms with E-state index in [1.54, 1.807) is 20.8 Å². The minimum atomic E-state index is -3.49. The number of rotatable bonds is 4. The van der Waals surface area contributed by atoms with Gasteiger partial charge in [0.15, 0.2) is 9.84 Å². The van der Waals surface area contributed by atoms with Gasteiger partial charge in [-0.05, 0) is 38.5 Å². The van der Waals surface area contributed by atoms with Crippen molar-refractivity contribution in [2.45, 2.75) is 43.1 Å². The van der Waals surface area contributed by atoms with Gasteiger partial charge in [-0.2, -0.15) is 0 Å². The van der Waals surface area contributed by atoms with E-state index < -0.39 is 44.1 Å². The van der Waals surface area contributed by atoms with Gasteiger partial charge in [-0.3, -0.25) is 0 Å². The molecule has 0 aromatic heterocycles. The van der Waals surface area contributed by atoms with E-state index in [1.807, 2.05) is 0 Å². The molecule has 134 valence electrons. The van der Waals surface area contributed by atoms with Crippen LogP contribution in [0.15, 0.2) is 24.3 Å². The SMILES string of the molecule is CC(C)(C)OC(=O)N[C@@]1(CN)[C@H](S(C)(=O)=O)[C@@H]1c1ccc(F)cc1. The van der Waals surface area contributed by atoms with Gasteiger partial charge in [-0.25, -0.2) is 17.6 Å². The first-order valence-corrected chi connectivity index (χ1v) is 9.52. The Balaban J connectivity index is 2.34. The third kappa shape index (κ3) is 3.70. The summed E-state index contributed by atoms with van der Waals surface area (Å²) in [5.74, 6) is -0.973. The van der Waals surface area contributed by atoms with Crippen LogP contribution in [-0.2, 0) is 14.6 Å². The summed E-state index contributed by atoms with van der Waals surface area (Å²) >= 11 is 0. The van der Waals surface area contributed by atoms with E-state index in [1.165, 1.54) is 24.3 Å². The molecule has 1 aromatic rings. The number of ether oxygens (including phenoxy) is 1. The summed E-state index contributed by atoms with van der Waals surface area (Å²) in [6.45, 7) is 5.05. The van der Waals surface area contributed by atoms with Crippen LogP contribution in [0.5, 0.6) is 0 Å². The molecule has 1 saturated carbocycles. The number of sulfone groups is 1. The van der Waals surface area contributed by atoms with E-state index in [-0.39, 0.29) is 6.54 Å². The van der Waals surface area contributed by atoms with E-state index in [4.69, 9.17) is 10.5 Å². The van der Waals surface area contributed by atoms with Crippen LogP contribution in [0.4, 0.5) is 9.18 Å². The summed E-state index contributed by atoms with van der Waals surface area (Å²) in [7, 11) is -3.49. The number of carbonyl (C=O) groups excluding carboxylic acids is 1. The van der Waals surface area contributed by atoms with Crippen LogP contribution in [0.3, 0.4) is 0 Å². The molecule has 1 amide bonds. The zero-order chi connectivity index (χ0) is 18.3. The first kappa shape index (κ1) is 18.7. The van der Waals surface area contributed by atoms with Gasteiger partial charge >= 0.3 is 6.09 Å². The number of carbonyl (C=O) groups is 1. The topological polar surface area (TPSA) is 98.5 Å². The molecule has 0 bridgehead atoms. The average Bonchev–Trinajstić information content (AvgIpc) is 3.06. The molecule has 2 rings (SSSR count). The van der Waals surface area contributed by atoms with Crippen molar-refractivity contribution in [2.75, 3.05) is 12.8 Å². The Morgan fingerprint density at radius 2 is 1.88 bits per heavy atom. The second-order valence-electron chi connectivity index (χ2n) is 7.15. The maximum Gasteiger partial charge on any atom is 0.408 e. The Bertz CT molecular complexity index is 727. The normalized spacial score (nSPS) is 26.8. The number of hydrogen-bond acceptors (Lipinski definition) is 5. The molecule has 1 aromatic carbocycles. The Morgan fingerprint density at radius 3 is 2.29 bits per heavy atom. The Kier molecular flexibility index (Phi) is 4.67. The maximum atomic E-state index is 13.1. The summed E-state index contributed by atoms with van der Waals surface area (Å²) < 4.78 is 42.7. The second-order valence-corrected chi connectivity index (χ2v) is 9.32. The summed E-state index contributed by atoms with van der Waals surface area (Å²) in [6, 6.07) is 5.52. The Hall–Kier alpha value is -1.67. The molecule has 24 heavy (non-hydrogen) atoms.